The van der Waals surface area contributed by atoms with E-state index in [4.69, 9.17) is 15.0 Å². The molecule has 0 spiro atoms. The molecule has 0 radical (unpaired) electrons. The second kappa shape index (κ2) is 35.5. The van der Waals surface area contributed by atoms with Crippen molar-refractivity contribution in [3.05, 3.63) is 0 Å². The van der Waals surface area contributed by atoms with Gasteiger partial charge in [-0.1, -0.05) is 56.4 Å². The average Bonchev–Trinajstić information content (AvgIpc) is 3.38. The summed E-state index contributed by atoms with van der Waals surface area (Å²) in [6.07, 6.45) is -2.69. The van der Waals surface area contributed by atoms with Crippen LogP contribution in [0.1, 0.15) is 69.7 Å². The molecular formula is C20H44O12. The van der Waals surface area contributed by atoms with Crippen LogP contribution in [0.4, 0.5) is 19.2 Å². The molecule has 3 saturated heterocycles. The van der Waals surface area contributed by atoms with Crippen molar-refractivity contribution < 1.29 is 57.8 Å². The number of hydrogen-bond donors (Lipinski definition) is 2. The molecule has 0 bridgehead atoms. The summed E-state index contributed by atoms with van der Waals surface area (Å²) in [5.41, 5.74) is 0. The smallest absolute Gasteiger partial charge is 0.450 e. The molecule has 1 atom stereocenters. The summed E-state index contributed by atoms with van der Waals surface area (Å²) in [7, 11) is 0. The molecule has 32 heavy (non-hydrogen) atoms. The van der Waals surface area contributed by atoms with Gasteiger partial charge >= 0.3 is 24.6 Å². The van der Waals surface area contributed by atoms with E-state index in [0.29, 0.717) is 33.0 Å². The van der Waals surface area contributed by atoms with Gasteiger partial charge < -0.3 is 38.6 Å². The van der Waals surface area contributed by atoms with Crippen LogP contribution < -0.4 is 0 Å². The molecule has 3 aliphatic rings. The fourth-order valence-electron chi connectivity index (χ4n) is 1.12. The first-order valence-electron chi connectivity index (χ1n) is 9.65. The van der Waals surface area contributed by atoms with Gasteiger partial charge in [-0.3, -0.25) is 0 Å². The zero-order chi connectivity index (χ0) is 24.4. The van der Waals surface area contributed by atoms with Crippen LogP contribution in [0.3, 0.4) is 0 Å². The van der Waals surface area contributed by atoms with E-state index in [1.807, 2.05) is 41.5 Å². The second-order valence-electron chi connectivity index (χ2n) is 4.02. The van der Waals surface area contributed by atoms with Gasteiger partial charge in [0.25, 0.3) is 0 Å². The van der Waals surface area contributed by atoms with E-state index >= 15 is 0 Å². The lowest BCUT2D eigenvalue weighted by atomic mass is 10.5. The Kier molecular flexibility index (Phi) is 47.8. The van der Waals surface area contributed by atoms with Crippen LogP contribution in [0, 0.1) is 0 Å². The summed E-state index contributed by atoms with van der Waals surface area (Å²) in [5.74, 6) is 0. The highest BCUT2D eigenvalue weighted by Gasteiger charge is 2.19. The highest BCUT2D eigenvalue weighted by Crippen LogP contribution is 2.02. The van der Waals surface area contributed by atoms with Crippen LogP contribution in [0.5, 0.6) is 0 Å². The Morgan fingerprint density at radius 3 is 1.12 bits per heavy atom. The normalized spacial score (nSPS) is 15.8. The van der Waals surface area contributed by atoms with Crippen molar-refractivity contribution >= 4 is 24.6 Å². The van der Waals surface area contributed by atoms with E-state index in [9.17, 15) is 14.4 Å². The quantitative estimate of drug-likeness (QED) is 0.319. The summed E-state index contributed by atoms with van der Waals surface area (Å²) >= 11 is 0. The lowest BCUT2D eigenvalue weighted by molar-refractivity contribution is 0.0192. The van der Waals surface area contributed by atoms with Gasteiger partial charge in [0.1, 0.15) is 25.9 Å². The van der Waals surface area contributed by atoms with E-state index in [1.54, 1.807) is 6.92 Å². The van der Waals surface area contributed by atoms with Crippen molar-refractivity contribution in [1.29, 1.82) is 0 Å². The van der Waals surface area contributed by atoms with E-state index in [0.717, 1.165) is 6.42 Å². The molecule has 3 heterocycles. The molecule has 0 aromatic rings. The van der Waals surface area contributed by atoms with Gasteiger partial charge in [-0.15, -0.1) is 0 Å². The largest absolute Gasteiger partial charge is 0.508 e. The van der Waals surface area contributed by atoms with E-state index < -0.39 is 24.6 Å². The highest BCUT2D eigenvalue weighted by atomic mass is 16.8. The Morgan fingerprint density at radius 2 is 1.00 bits per heavy atom. The van der Waals surface area contributed by atoms with Crippen LogP contribution in [-0.4, -0.2) is 74.0 Å². The minimum absolute atomic E-state index is 0. The summed E-state index contributed by atoms with van der Waals surface area (Å²) in [5, 5.41) is 13.9. The van der Waals surface area contributed by atoms with Crippen molar-refractivity contribution in [2.75, 3.05) is 33.0 Å². The lowest BCUT2D eigenvalue weighted by Gasteiger charge is -2.09. The zero-order valence-electron chi connectivity index (χ0n) is 18.8. The van der Waals surface area contributed by atoms with Crippen molar-refractivity contribution in [1.82, 2.24) is 0 Å². The number of carboxylic acid groups (broad SMARTS) is 2. The van der Waals surface area contributed by atoms with Gasteiger partial charge in [-0.05, 0) is 6.92 Å². The maximum Gasteiger partial charge on any atom is 0.508 e. The van der Waals surface area contributed by atoms with Gasteiger partial charge in [0.2, 0.25) is 0 Å². The van der Waals surface area contributed by atoms with Crippen molar-refractivity contribution in [3.8, 4) is 0 Å². The fourth-order valence-corrected chi connectivity index (χ4v) is 1.12. The second-order valence-corrected chi connectivity index (χ2v) is 4.02. The first-order valence-corrected chi connectivity index (χ1v) is 9.65. The van der Waals surface area contributed by atoms with Gasteiger partial charge in [0.15, 0.2) is 0 Å². The van der Waals surface area contributed by atoms with E-state index in [2.05, 4.69) is 28.4 Å². The third-order valence-corrected chi connectivity index (χ3v) is 1.98. The van der Waals surface area contributed by atoms with Gasteiger partial charge in [0, 0.05) is 6.42 Å². The van der Waals surface area contributed by atoms with Crippen molar-refractivity contribution in [3.63, 3.8) is 0 Å². The Morgan fingerprint density at radius 1 is 0.688 bits per heavy atom. The molecule has 3 fully saturated rings. The minimum atomic E-state index is -1.83. The molecule has 0 saturated carbocycles. The molecule has 0 aromatic heterocycles. The summed E-state index contributed by atoms with van der Waals surface area (Å²) < 4.78 is 26.3. The Labute approximate surface area is 192 Å². The molecule has 1 unspecified atom stereocenters. The van der Waals surface area contributed by atoms with Crippen LogP contribution in [0.25, 0.3) is 0 Å². The average molecular weight is 477 g/mol. The molecule has 3 rings (SSSR count). The topological polar surface area (TPSA) is 164 Å². The Hall–Kier alpha value is -2.92. The number of ether oxygens (including phenoxy) is 6. The number of carbonyl (C=O) groups is 4. The Bertz CT molecular complexity index is 399. The molecule has 3 aliphatic heterocycles. The summed E-state index contributed by atoms with van der Waals surface area (Å²) in [6, 6.07) is 0. The third-order valence-electron chi connectivity index (χ3n) is 1.98. The summed E-state index contributed by atoms with van der Waals surface area (Å²) in [6.45, 7) is 16.0. The molecule has 0 amide bonds. The maximum atomic E-state index is 10.0. The van der Waals surface area contributed by atoms with Crippen LogP contribution in [0.15, 0.2) is 0 Å². The highest BCUT2D eigenvalue weighted by molar-refractivity contribution is 5.61. The number of carbonyl (C=O) groups excluding carboxylic acids is 3. The number of cyclic esters (lactones) is 6. The van der Waals surface area contributed by atoms with Crippen molar-refractivity contribution in [2.45, 2.75) is 75.8 Å². The monoisotopic (exact) mass is 476 g/mol. The molecule has 0 aromatic carbocycles. The van der Waals surface area contributed by atoms with Gasteiger partial charge in [-0.2, -0.15) is 0 Å². The molecular weight excluding hydrogens is 432 g/mol. The zero-order valence-corrected chi connectivity index (χ0v) is 18.8. The van der Waals surface area contributed by atoms with E-state index in [-0.39, 0.29) is 21.0 Å². The lowest BCUT2D eigenvalue weighted by Crippen LogP contribution is -2.16. The predicted octanol–water partition coefficient (Wildman–Crippen LogP) is 5.81. The van der Waals surface area contributed by atoms with E-state index in [1.165, 1.54) is 0 Å². The standard InChI is InChI=1S/2C4H6O3.C3H4O3.3C2H6.CH2O3.2CH4/c1-3-2-6-4(5)7-3;5-4-6-2-1-3-7-4;4-3-5-1-2-6-3;3*1-2;2-1(3)4;;/h3H,2H2,1H3;1-3H2;1-2H2;3*1-2H3;(H2,2,3,4);2*1H4. The minimum Gasteiger partial charge on any atom is -0.450 e. The molecule has 2 N–H and O–H groups in total. The fraction of sp³-hybridized carbons (Fsp3) is 0.800. The van der Waals surface area contributed by atoms with Gasteiger partial charge in [0.05, 0.1) is 13.2 Å². The third kappa shape index (κ3) is 41.4. The SMILES string of the molecule is C.C.CC.CC.CC.CC1COC(=O)O1.O=C(O)O.O=C1OCCCO1.O=C1OCCO1. The van der Waals surface area contributed by atoms with Crippen LogP contribution >= 0.6 is 0 Å². The Balaban J connectivity index is -0.0000000649. The summed E-state index contributed by atoms with van der Waals surface area (Å²) in [4.78, 5) is 38.4. The molecule has 12 nitrogen and oxygen atoms in total. The van der Waals surface area contributed by atoms with Gasteiger partial charge in [-0.25, -0.2) is 19.2 Å². The first kappa shape index (κ1) is 43.0. The first-order chi connectivity index (χ1) is 14.3. The number of hydrogen-bond acceptors (Lipinski definition) is 10. The molecule has 0 aliphatic carbocycles. The number of rotatable bonds is 0. The van der Waals surface area contributed by atoms with Crippen LogP contribution in [-0.2, 0) is 28.4 Å². The predicted molar refractivity (Wildman–Crippen MR) is 119 cm³/mol. The molecule has 196 valence electrons. The van der Waals surface area contributed by atoms with Crippen LogP contribution in [0.2, 0.25) is 0 Å². The van der Waals surface area contributed by atoms with Crippen molar-refractivity contribution in [2.24, 2.45) is 0 Å². The molecule has 12 heteroatoms. The maximum absolute atomic E-state index is 10.0.